The second-order valence-electron chi connectivity index (χ2n) is 6.70. The molecule has 0 heterocycles. The van der Waals surface area contributed by atoms with Crippen LogP contribution < -0.4 is 0 Å². The predicted octanol–water partition coefficient (Wildman–Crippen LogP) is 3.11. The van der Waals surface area contributed by atoms with Crippen LogP contribution in [0.1, 0.15) is 22.3 Å². The highest BCUT2D eigenvalue weighted by Crippen LogP contribution is 2.13. The normalized spacial score (nSPS) is 12.2. The van der Waals surface area contributed by atoms with Gasteiger partial charge in [-0.3, -0.25) is 0 Å². The standard InChI is InChI=1S/C19H30Si3/c1-16-4-8-18(9-5-16)12-14-22(21-20-3)15-13-19-10-6-17(2)7-11-19/h4-11,22H,12-15,20-21H2,1-3H3. The van der Waals surface area contributed by atoms with Gasteiger partial charge in [-0.25, -0.2) is 0 Å². The fourth-order valence-corrected chi connectivity index (χ4v) is 24.2. The molecule has 0 spiro atoms. The first kappa shape index (κ1) is 17.4. The molecule has 2 aromatic carbocycles. The Morgan fingerprint density at radius 1 is 0.727 bits per heavy atom. The number of hydrogen-bond donors (Lipinski definition) is 0. The highest BCUT2D eigenvalue weighted by atomic mass is 29.5. The van der Waals surface area contributed by atoms with Crippen LogP contribution in [0.15, 0.2) is 48.5 Å². The van der Waals surface area contributed by atoms with Gasteiger partial charge in [-0.1, -0.05) is 78.3 Å². The second kappa shape index (κ2) is 9.28. The molecule has 0 bridgehead atoms. The van der Waals surface area contributed by atoms with Crippen LogP contribution >= 0.6 is 0 Å². The largest absolute Gasteiger partial charge is 0.0773 e. The van der Waals surface area contributed by atoms with Crippen LogP contribution in [-0.4, -0.2) is 25.9 Å². The Hall–Kier alpha value is -0.909. The average molecular weight is 343 g/mol. The molecule has 0 N–H and O–H groups in total. The summed E-state index contributed by atoms with van der Waals surface area (Å²) in [7, 11) is 0.323. The molecule has 118 valence electrons. The van der Waals surface area contributed by atoms with E-state index < -0.39 is 8.31 Å². The minimum atomic E-state index is -0.397. The summed E-state index contributed by atoms with van der Waals surface area (Å²) in [6.45, 7) is 6.90. The summed E-state index contributed by atoms with van der Waals surface area (Å²) in [5.41, 5.74) is 5.88. The summed E-state index contributed by atoms with van der Waals surface area (Å²) in [5, 5.41) is 0. The van der Waals surface area contributed by atoms with Gasteiger partial charge in [0.2, 0.25) is 0 Å². The average Bonchev–Trinajstić information content (AvgIpc) is 2.53. The molecular formula is C19H30Si3. The van der Waals surface area contributed by atoms with Crippen LogP contribution in [0.3, 0.4) is 0 Å². The van der Waals surface area contributed by atoms with Crippen LogP contribution in [0.25, 0.3) is 0 Å². The van der Waals surface area contributed by atoms with Crippen LogP contribution in [0.5, 0.6) is 0 Å². The molecule has 0 amide bonds. The van der Waals surface area contributed by atoms with Gasteiger partial charge in [-0.05, 0) is 37.8 Å². The quantitative estimate of drug-likeness (QED) is 0.647. The molecular weight excluding hydrogens is 312 g/mol. The van der Waals surface area contributed by atoms with E-state index in [0.29, 0.717) is 17.6 Å². The second-order valence-corrected chi connectivity index (χ2v) is 24.6. The summed E-state index contributed by atoms with van der Waals surface area (Å²) in [6, 6.07) is 21.5. The van der Waals surface area contributed by atoms with Gasteiger partial charge >= 0.3 is 0 Å². The van der Waals surface area contributed by atoms with Crippen LogP contribution in [0, 0.1) is 13.8 Å². The minimum Gasteiger partial charge on any atom is -0.0773 e. The minimum absolute atomic E-state index is 0.354. The van der Waals surface area contributed by atoms with Gasteiger partial charge in [0, 0.05) is 25.9 Å². The first-order chi connectivity index (χ1) is 10.7. The summed E-state index contributed by atoms with van der Waals surface area (Å²) in [6.07, 6.45) is 2.68. The zero-order valence-electron chi connectivity index (χ0n) is 14.4. The molecule has 0 aliphatic carbocycles. The van der Waals surface area contributed by atoms with Gasteiger partial charge < -0.3 is 0 Å². The highest BCUT2D eigenvalue weighted by molar-refractivity contribution is 7.35. The molecule has 2 rings (SSSR count). The zero-order valence-corrected chi connectivity index (χ0v) is 18.4. The number of benzene rings is 2. The molecule has 22 heavy (non-hydrogen) atoms. The van der Waals surface area contributed by atoms with Gasteiger partial charge in [0.25, 0.3) is 0 Å². The fourth-order valence-electron chi connectivity index (χ4n) is 3.09. The highest BCUT2D eigenvalue weighted by Gasteiger charge is 2.11. The SMILES string of the molecule is C[SiH2][SiH2][SiH](CCc1ccc(C)cc1)CCc1ccc(C)cc1. The van der Waals surface area contributed by atoms with E-state index in [-0.39, 0.29) is 0 Å². The number of hydrogen-bond acceptors (Lipinski definition) is 0. The van der Waals surface area contributed by atoms with Crippen molar-refractivity contribution in [2.75, 3.05) is 0 Å². The third-order valence-electron chi connectivity index (χ3n) is 4.62. The van der Waals surface area contributed by atoms with Crippen molar-refractivity contribution in [1.82, 2.24) is 0 Å². The third kappa shape index (κ3) is 6.07. The monoisotopic (exact) mass is 342 g/mol. The van der Waals surface area contributed by atoms with Crippen LogP contribution in [-0.2, 0) is 12.8 Å². The van der Waals surface area contributed by atoms with Crippen LogP contribution in [0.4, 0.5) is 0 Å². The van der Waals surface area contributed by atoms with E-state index in [1.807, 2.05) is 0 Å². The molecule has 0 aliphatic heterocycles. The lowest BCUT2D eigenvalue weighted by Crippen LogP contribution is -2.27. The van der Waals surface area contributed by atoms with E-state index in [0.717, 1.165) is 0 Å². The molecule has 0 fully saturated rings. The summed E-state index contributed by atoms with van der Waals surface area (Å²) in [4.78, 5) is 0. The zero-order chi connectivity index (χ0) is 15.8. The molecule has 0 radical (unpaired) electrons. The van der Waals surface area contributed by atoms with Crippen molar-refractivity contribution in [2.45, 2.75) is 45.3 Å². The predicted molar refractivity (Wildman–Crippen MR) is 109 cm³/mol. The van der Waals surface area contributed by atoms with E-state index in [2.05, 4.69) is 68.9 Å². The maximum atomic E-state index is 2.55. The van der Waals surface area contributed by atoms with E-state index in [4.69, 9.17) is 0 Å². The lowest BCUT2D eigenvalue weighted by molar-refractivity contribution is 1.06. The maximum Gasteiger partial charge on any atom is 0.0216 e. The summed E-state index contributed by atoms with van der Waals surface area (Å²) < 4.78 is 0. The Bertz CT molecular complexity index is 496. The van der Waals surface area contributed by atoms with Crippen molar-refractivity contribution < 1.29 is 0 Å². The Balaban J connectivity index is 1.83. The smallest absolute Gasteiger partial charge is 0.0216 e. The topological polar surface area (TPSA) is 0 Å². The first-order valence-electron chi connectivity index (χ1n) is 8.78. The van der Waals surface area contributed by atoms with Crippen LogP contribution in [0.2, 0.25) is 18.6 Å². The van der Waals surface area contributed by atoms with Crippen molar-refractivity contribution >= 4 is 25.9 Å². The Labute approximate surface area is 142 Å². The molecule has 3 heteroatoms. The van der Waals surface area contributed by atoms with E-state index in [9.17, 15) is 0 Å². The lowest BCUT2D eigenvalue weighted by atomic mass is 10.1. The van der Waals surface area contributed by atoms with Crippen molar-refractivity contribution in [2.24, 2.45) is 0 Å². The van der Waals surface area contributed by atoms with Crippen molar-refractivity contribution in [3.05, 3.63) is 70.8 Å². The molecule has 0 aromatic heterocycles. The van der Waals surface area contributed by atoms with E-state index in [1.54, 1.807) is 23.2 Å². The first-order valence-corrected chi connectivity index (χ1v) is 19.1. The van der Waals surface area contributed by atoms with E-state index >= 15 is 0 Å². The molecule has 0 atom stereocenters. The Kier molecular flexibility index (Phi) is 7.36. The molecule has 0 unspecified atom stereocenters. The van der Waals surface area contributed by atoms with E-state index in [1.165, 1.54) is 24.0 Å². The van der Waals surface area contributed by atoms with Gasteiger partial charge in [-0.2, -0.15) is 0 Å². The van der Waals surface area contributed by atoms with Crippen molar-refractivity contribution in [3.63, 3.8) is 0 Å². The molecule has 2 aromatic rings. The van der Waals surface area contributed by atoms with Crippen molar-refractivity contribution in [3.8, 4) is 0 Å². The number of aryl methyl sites for hydroxylation is 4. The van der Waals surface area contributed by atoms with Gasteiger partial charge in [-0.15, -0.1) is 0 Å². The molecule has 0 saturated heterocycles. The third-order valence-corrected chi connectivity index (χ3v) is 27.4. The Morgan fingerprint density at radius 2 is 1.14 bits per heavy atom. The summed E-state index contributed by atoms with van der Waals surface area (Å²) in [5.74, 6) is 0. The Morgan fingerprint density at radius 3 is 1.50 bits per heavy atom. The van der Waals surface area contributed by atoms with Gasteiger partial charge in [0.15, 0.2) is 0 Å². The van der Waals surface area contributed by atoms with Gasteiger partial charge in [0.05, 0.1) is 0 Å². The van der Waals surface area contributed by atoms with Crippen molar-refractivity contribution in [1.29, 1.82) is 0 Å². The lowest BCUT2D eigenvalue weighted by Gasteiger charge is -2.14. The number of rotatable bonds is 8. The molecule has 0 aliphatic rings. The maximum absolute atomic E-state index is 2.55. The summed E-state index contributed by atoms with van der Waals surface area (Å²) >= 11 is 0. The fraction of sp³-hybridized carbons (Fsp3) is 0.368. The molecule has 0 nitrogen and oxygen atoms in total. The molecule has 0 saturated carbocycles. The van der Waals surface area contributed by atoms with Gasteiger partial charge in [0.1, 0.15) is 0 Å².